The minimum atomic E-state index is -0.463. The van der Waals surface area contributed by atoms with Crippen LogP contribution in [0.4, 0.5) is 17.1 Å². The maximum atomic E-state index is 12.4. The summed E-state index contributed by atoms with van der Waals surface area (Å²) in [4.78, 5) is 25.1. The number of non-ortho nitro benzene ring substituents is 1. The van der Waals surface area contributed by atoms with Crippen molar-refractivity contribution in [2.45, 2.75) is 19.8 Å². The number of amides is 1. The van der Waals surface area contributed by atoms with Crippen LogP contribution < -0.4 is 10.2 Å². The molecule has 0 radical (unpaired) electrons. The Morgan fingerprint density at radius 2 is 1.84 bits per heavy atom. The molecule has 1 aliphatic heterocycles. The van der Waals surface area contributed by atoms with Gasteiger partial charge in [-0.3, -0.25) is 14.9 Å². The quantitative estimate of drug-likeness (QED) is 0.680. The first-order chi connectivity index (χ1) is 12.0. The van der Waals surface area contributed by atoms with Crippen LogP contribution in [-0.4, -0.2) is 23.9 Å². The topological polar surface area (TPSA) is 75.5 Å². The number of nitrogens with zero attached hydrogens (tertiary/aromatic N) is 2. The fourth-order valence-corrected chi connectivity index (χ4v) is 3.10. The number of benzene rings is 2. The van der Waals surface area contributed by atoms with Crippen LogP contribution in [-0.2, 0) is 4.79 Å². The average Bonchev–Trinajstić information content (AvgIpc) is 2.63. The molecule has 0 unspecified atom stereocenters. The van der Waals surface area contributed by atoms with Crippen molar-refractivity contribution in [2.75, 3.05) is 23.3 Å². The number of rotatable bonds is 4. The highest BCUT2D eigenvalue weighted by atomic mass is 16.6. The monoisotopic (exact) mass is 339 g/mol. The summed E-state index contributed by atoms with van der Waals surface area (Å²) in [5.41, 5.74) is 2.87. The zero-order chi connectivity index (χ0) is 17.8. The van der Waals surface area contributed by atoms with Gasteiger partial charge < -0.3 is 10.2 Å². The number of carbonyl (C=O) groups is 1. The molecule has 0 saturated carbocycles. The van der Waals surface area contributed by atoms with Crippen LogP contribution >= 0.6 is 0 Å². The zero-order valence-electron chi connectivity index (χ0n) is 14.1. The maximum Gasteiger partial charge on any atom is 0.271 e. The normalized spacial score (nSPS) is 15.0. The molecule has 0 bridgehead atoms. The van der Waals surface area contributed by atoms with Gasteiger partial charge in [0.15, 0.2) is 0 Å². The molecule has 2 aromatic carbocycles. The number of nitro groups is 1. The number of hydrogen-bond donors (Lipinski definition) is 1. The number of nitrogens with one attached hydrogen (secondary N) is 1. The van der Waals surface area contributed by atoms with Gasteiger partial charge in [0.2, 0.25) is 5.91 Å². The lowest BCUT2D eigenvalue weighted by Gasteiger charge is -2.33. The predicted molar refractivity (Wildman–Crippen MR) is 97.8 cm³/mol. The minimum Gasteiger partial charge on any atom is -0.371 e. The summed E-state index contributed by atoms with van der Waals surface area (Å²) in [7, 11) is 0. The van der Waals surface area contributed by atoms with Crippen LogP contribution in [0.1, 0.15) is 18.4 Å². The Balaban J connectivity index is 1.57. The molecule has 1 N–H and O–H groups in total. The molecule has 130 valence electrons. The summed E-state index contributed by atoms with van der Waals surface area (Å²) in [6.45, 7) is 3.72. The Morgan fingerprint density at radius 1 is 1.16 bits per heavy atom. The van der Waals surface area contributed by atoms with Crippen LogP contribution in [0.15, 0.2) is 48.5 Å². The van der Waals surface area contributed by atoms with Gasteiger partial charge in [0.1, 0.15) is 0 Å². The lowest BCUT2D eigenvalue weighted by atomic mass is 9.95. The SMILES string of the molecule is Cc1ccc(N2CCC(C(=O)Nc3cccc([N+](=O)[O-])c3)CC2)cc1. The van der Waals surface area contributed by atoms with Gasteiger partial charge in [0.25, 0.3) is 5.69 Å². The molecule has 0 aliphatic carbocycles. The van der Waals surface area contributed by atoms with Crippen molar-refractivity contribution >= 4 is 23.0 Å². The van der Waals surface area contributed by atoms with E-state index in [4.69, 9.17) is 0 Å². The Bertz CT molecular complexity index is 766. The van der Waals surface area contributed by atoms with Crippen molar-refractivity contribution in [1.82, 2.24) is 0 Å². The van der Waals surface area contributed by atoms with E-state index in [1.807, 2.05) is 0 Å². The second kappa shape index (κ2) is 7.34. The fraction of sp³-hybridized carbons (Fsp3) is 0.316. The van der Waals surface area contributed by atoms with Gasteiger partial charge in [-0.05, 0) is 38.0 Å². The van der Waals surface area contributed by atoms with Crippen molar-refractivity contribution in [3.8, 4) is 0 Å². The first-order valence-corrected chi connectivity index (χ1v) is 8.40. The van der Waals surface area contributed by atoms with Crippen LogP contribution in [0.2, 0.25) is 0 Å². The number of piperidine rings is 1. The highest BCUT2D eigenvalue weighted by Crippen LogP contribution is 2.25. The number of anilines is 2. The molecule has 2 aromatic rings. The van der Waals surface area contributed by atoms with Crippen LogP contribution in [0.25, 0.3) is 0 Å². The van der Waals surface area contributed by atoms with E-state index in [0.717, 1.165) is 25.9 Å². The van der Waals surface area contributed by atoms with Crippen LogP contribution in [0, 0.1) is 23.0 Å². The summed E-state index contributed by atoms with van der Waals surface area (Å²) in [5.74, 6) is -0.134. The zero-order valence-corrected chi connectivity index (χ0v) is 14.1. The van der Waals surface area contributed by atoms with E-state index in [9.17, 15) is 14.9 Å². The van der Waals surface area contributed by atoms with E-state index >= 15 is 0 Å². The largest absolute Gasteiger partial charge is 0.371 e. The predicted octanol–water partition coefficient (Wildman–Crippen LogP) is 3.76. The third-order valence-corrected chi connectivity index (χ3v) is 4.59. The second-order valence-corrected chi connectivity index (χ2v) is 6.39. The van der Waals surface area contributed by atoms with Gasteiger partial charge in [0.05, 0.1) is 4.92 Å². The van der Waals surface area contributed by atoms with Gasteiger partial charge >= 0.3 is 0 Å². The van der Waals surface area contributed by atoms with Crippen molar-refractivity contribution in [1.29, 1.82) is 0 Å². The summed E-state index contributed by atoms with van der Waals surface area (Å²) in [6, 6.07) is 14.5. The van der Waals surface area contributed by atoms with Crippen molar-refractivity contribution in [3.05, 3.63) is 64.2 Å². The van der Waals surface area contributed by atoms with Crippen molar-refractivity contribution in [3.63, 3.8) is 0 Å². The lowest BCUT2D eigenvalue weighted by Crippen LogP contribution is -2.38. The van der Waals surface area contributed by atoms with E-state index in [1.165, 1.54) is 23.4 Å². The van der Waals surface area contributed by atoms with Gasteiger partial charge in [-0.15, -0.1) is 0 Å². The molecule has 6 nitrogen and oxygen atoms in total. The highest BCUT2D eigenvalue weighted by Gasteiger charge is 2.25. The molecule has 3 rings (SSSR count). The number of hydrogen-bond acceptors (Lipinski definition) is 4. The molecule has 1 saturated heterocycles. The van der Waals surface area contributed by atoms with Crippen LogP contribution in [0.3, 0.4) is 0 Å². The Kier molecular flexibility index (Phi) is 4.97. The number of carbonyl (C=O) groups excluding carboxylic acids is 1. The van der Waals surface area contributed by atoms with Crippen LogP contribution in [0.5, 0.6) is 0 Å². The summed E-state index contributed by atoms with van der Waals surface area (Å²) >= 11 is 0. The summed E-state index contributed by atoms with van der Waals surface area (Å²) in [5, 5.41) is 13.6. The standard InChI is InChI=1S/C19H21N3O3/c1-14-5-7-17(8-6-14)21-11-9-15(10-12-21)19(23)20-16-3-2-4-18(13-16)22(24)25/h2-8,13,15H,9-12H2,1H3,(H,20,23). The first kappa shape index (κ1) is 17.0. The third-order valence-electron chi connectivity index (χ3n) is 4.59. The van der Waals surface area contributed by atoms with Gasteiger partial charge in [-0.1, -0.05) is 23.8 Å². The molecule has 0 spiro atoms. The molecule has 6 heteroatoms. The molecule has 25 heavy (non-hydrogen) atoms. The second-order valence-electron chi connectivity index (χ2n) is 6.39. The van der Waals surface area contributed by atoms with E-state index in [-0.39, 0.29) is 17.5 Å². The molecule has 0 aromatic heterocycles. The van der Waals surface area contributed by atoms with Gasteiger partial charge in [-0.25, -0.2) is 0 Å². The summed E-state index contributed by atoms with van der Waals surface area (Å²) < 4.78 is 0. The molecular weight excluding hydrogens is 318 g/mol. The third kappa shape index (κ3) is 4.15. The Labute approximate surface area is 146 Å². The Morgan fingerprint density at radius 3 is 2.48 bits per heavy atom. The molecule has 1 heterocycles. The summed E-state index contributed by atoms with van der Waals surface area (Å²) in [6.07, 6.45) is 1.54. The van der Waals surface area contributed by atoms with Gasteiger partial charge in [0, 0.05) is 42.5 Å². The molecule has 1 fully saturated rings. The van der Waals surface area contributed by atoms with Gasteiger partial charge in [-0.2, -0.15) is 0 Å². The Hall–Kier alpha value is -2.89. The fourth-order valence-electron chi connectivity index (χ4n) is 3.10. The van der Waals surface area contributed by atoms with E-state index < -0.39 is 4.92 Å². The number of nitro benzene ring substituents is 1. The van der Waals surface area contributed by atoms with Crippen molar-refractivity contribution < 1.29 is 9.72 Å². The average molecular weight is 339 g/mol. The smallest absolute Gasteiger partial charge is 0.271 e. The molecule has 1 aliphatic rings. The van der Waals surface area contributed by atoms with Crippen molar-refractivity contribution in [2.24, 2.45) is 5.92 Å². The first-order valence-electron chi connectivity index (χ1n) is 8.40. The molecule has 1 amide bonds. The van der Waals surface area contributed by atoms with E-state index in [1.54, 1.807) is 12.1 Å². The molecule has 0 atom stereocenters. The lowest BCUT2D eigenvalue weighted by molar-refractivity contribution is -0.384. The number of aryl methyl sites for hydroxylation is 1. The van der Waals surface area contributed by atoms with E-state index in [0.29, 0.717) is 5.69 Å². The maximum absolute atomic E-state index is 12.4. The van der Waals surface area contributed by atoms with E-state index in [2.05, 4.69) is 41.4 Å². The molecular formula is C19H21N3O3. The minimum absolute atomic E-state index is 0.0213. The highest BCUT2D eigenvalue weighted by molar-refractivity contribution is 5.93.